The van der Waals surface area contributed by atoms with Gasteiger partial charge in [-0.15, -0.1) is 0 Å². The first kappa shape index (κ1) is 22.4. The fourth-order valence-electron chi connectivity index (χ4n) is 4.00. The van der Waals surface area contributed by atoms with Crippen molar-refractivity contribution in [3.05, 3.63) is 35.4 Å². The Bertz CT molecular complexity index is 942. The highest BCUT2D eigenvalue weighted by molar-refractivity contribution is 7.89. The van der Waals surface area contributed by atoms with Crippen molar-refractivity contribution < 1.29 is 22.3 Å². The minimum Gasteiger partial charge on any atom is -0.379 e. The molecule has 3 aliphatic rings. The van der Waals surface area contributed by atoms with Gasteiger partial charge in [-0.05, 0) is 48.9 Å². The van der Waals surface area contributed by atoms with Crippen LogP contribution in [0.25, 0.3) is 6.08 Å². The topological polar surface area (TPSA) is 87.7 Å². The summed E-state index contributed by atoms with van der Waals surface area (Å²) in [5.41, 5.74) is 1.61. The van der Waals surface area contributed by atoms with Gasteiger partial charge in [0.25, 0.3) is 0 Å². The van der Waals surface area contributed by atoms with Gasteiger partial charge in [0, 0.05) is 26.1 Å². The molecule has 1 aliphatic carbocycles. The van der Waals surface area contributed by atoms with Crippen molar-refractivity contribution in [1.82, 2.24) is 14.9 Å². The van der Waals surface area contributed by atoms with Crippen LogP contribution in [-0.4, -0.2) is 63.7 Å². The van der Waals surface area contributed by atoms with E-state index in [2.05, 4.69) is 16.7 Å². The highest BCUT2D eigenvalue weighted by Gasteiger charge is 2.31. The van der Waals surface area contributed by atoms with Crippen LogP contribution in [0.2, 0.25) is 0 Å². The number of allylic oxidation sites excluding steroid dienone is 1. The Balaban J connectivity index is 1.57. The van der Waals surface area contributed by atoms with E-state index in [1.165, 1.54) is 4.31 Å². The van der Waals surface area contributed by atoms with E-state index in [-0.39, 0.29) is 29.8 Å². The van der Waals surface area contributed by atoms with E-state index in [1.54, 1.807) is 18.2 Å². The Morgan fingerprint density at radius 1 is 1.32 bits per heavy atom. The molecule has 3 atom stereocenters. The minimum absolute atomic E-state index is 0.170. The average molecular weight is 452 g/mol. The predicted octanol–water partition coefficient (Wildman–Crippen LogP) is 2.01. The molecule has 31 heavy (non-hydrogen) atoms. The summed E-state index contributed by atoms with van der Waals surface area (Å²) in [6, 6.07) is 4.18. The molecular weight excluding hydrogens is 421 g/mol. The van der Waals surface area contributed by atoms with Crippen LogP contribution in [0.3, 0.4) is 0 Å². The van der Waals surface area contributed by atoms with Gasteiger partial charge >= 0.3 is 0 Å². The number of rotatable bonds is 7. The van der Waals surface area contributed by atoms with Gasteiger partial charge in [0.05, 0.1) is 30.2 Å². The van der Waals surface area contributed by atoms with E-state index in [4.69, 9.17) is 4.74 Å². The molecule has 9 heteroatoms. The SMILES string of the molecule is C[C@H](NC(=O)[C@@H]1C[C@@H](F)CN1)c1ccc(S(=O)(=O)N2CCOCC2)cc1/C=C/C1CC1. The highest BCUT2D eigenvalue weighted by atomic mass is 32.2. The standard InChI is InChI=1S/C22H30FN3O4S/c1-15(25-22(27)21-13-18(23)14-24-21)20-7-6-19(12-17(20)5-4-16-2-3-16)31(28,29)26-8-10-30-11-9-26/h4-7,12,15-16,18,21,24H,2-3,8-11,13-14H2,1H3,(H,25,27)/b5-4+/t15-,18+,21-/m0/s1. The van der Waals surface area contributed by atoms with E-state index < -0.39 is 22.2 Å². The van der Waals surface area contributed by atoms with E-state index in [0.717, 1.165) is 24.0 Å². The number of nitrogens with one attached hydrogen (secondary N) is 2. The van der Waals surface area contributed by atoms with E-state index in [9.17, 15) is 17.6 Å². The second-order valence-electron chi connectivity index (χ2n) is 8.53. The molecule has 0 bridgehead atoms. The number of morpholine rings is 1. The van der Waals surface area contributed by atoms with Crippen molar-refractivity contribution in [1.29, 1.82) is 0 Å². The molecule has 4 rings (SSSR count). The first-order chi connectivity index (χ1) is 14.8. The largest absolute Gasteiger partial charge is 0.379 e. The van der Waals surface area contributed by atoms with Gasteiger partial charge in [-0.25, -0.2) is 12.8 Å². The van der Waals surface area contributed by atoms with Crippen LogP contribution in [0.5, 0.6) is 0 Å². The summed E-state index contributed by atoms with van der Waals surface area (Å²) in [6.07, 6.45) is 5.50. The lowest BCUT2D eigenvalue weighted by Crippen LogP contribution is -2.41. The lowest BCUT2D eigenvalue weighted by atomic mass is 10.00. The summed E-state index contributed by atoms with van der Waals surface area (Å²) in [5.74, 6) is 0.288. The number of sulfonamides is 1. The number of alkyl halides is 1. The molecule has 2 heterocycles. The van der Waals surface area contributed by atoms with Crippen molar-refractivity contribution in [2.45, 2.75) is 49.3 Å². The third-order valence-electron chi connectivity index (χ3n) is 6.05. The Morgan fingerprint density at radius 2 is 2.06 bits per heavy atom. The van der Waals surface area contributed by atoms with Crippen molar-refractivity contribution >= 4 is 22.0 Å². The maximum atomic E-state index is 13.4. The fourth-order valence-corrected chi connectivity index (χ4v) is 5.44. The summed E-state index contributed by atoms with van der Waals surface area (Å²) in [4.78, 5) is 12.8. The Labute approximate surface area is 183 Å². The van der Waals surface area contributed by atoms with Crippen LogP contribution in [0.15, 0.2) is 29.2 Å². The normalized spacial score (nSPS) is 26.3. The quantitative estimate of drug-likeness (QED) is 0.662. The summed E-state index contributed by atoms with van der Waals surface area (Å²) < 4.78 is 46.3. The summed E-state index contributed by atoms with van der Waals surface area (Å²) in [6.45, 7) is 3.52. The molecule has 7 nitrogen and oxygen atoms in total. The first-order valence-electron chi connectivity index (χ1n) is 10.9. The van der Waals surface area contributed by atoms with Gasteiger partial charge < -0.3 is 15.4 Å². The molecule has 3 fully saturated rings. The third-order valence-corrected chi connectivity index (χ3v) is 7.95. The maximum Gasteiger partial charge on any atom is 0.243 e. The Hall–Kier alpha value is -1.81. The monoisotopic (exact) mass is 451 g/mol. The summed E-state index contributed by atoms with van der Waals surface area (Å²) in [5, 5.41) is 5.84. The van der Waals surface area contributed by atoms with Crippen LogP contribution in [0, 0.1) is 5.92 Å². The smallest absolute Gasteiger partial charge is 0.243 e. The van der Waals surface area contributed by atoms with Crippen molar-refractivity contribution in [2.75, 3.05) is 32.8 Å². The van der Waals surface area contributed by atoms with Crippen molar-refractivity contribution in [2.24, 2.45) is 5.92 Å². The van der Waals surface area contributed by atoms with Gasteiger partial charge in [0.2, 0.25) is 15.9 Å². The summed E-state index contributed by atoms with van der Waals surface area (Å²) >= 11 is 0. The zero-order valence-corrected chi connectivity index (χ0v) is 18.5. The second-order valence-corrected chi connectivity index (χ2v) is 10.5. The number of carbonyl (C=O) groups is 1. The molecular formula is C22H30FN3O4S. The molecule has 2 saturated heterocycles. The van der Waals surface area contributed by atoms with Gasteiger partial charge in [0.1, 0.15) is 6.17 Å². The van der Waals surface area contributed by atoms with Gasteiger partial charge in [0.15, 0.2) is 0 Å². The fraction of sp³-hybridized carbons (Fsp3) is 0.591. The number of hydrogen-bond donors (Lipinski definition) is 2. The van der Waals surface area contributed by atoms with Gasteiger partial charge in [-0.1, -0.05) is 18.2 Å². The molecule has 0 aromatic heterocycles. The molecule has 1 saturated carbocycles. The number of benzene rings is 1. The van der Waals surface area contributed by atoms with Crippen LogP contribution >= 0.6 is 0 Å². The number of halogens is 1. The average Bonchev–Trinajstić information content (AvgIpc) is 3.50. The Morgan fingerprint density at radius 3 is 2.71 bits per heavy atom. The molecule has 2 aliphatic heterocycles. The molecule has 0 unspecified atom stereocenters. The highest BCUT2D eigenvalue weighted by Crippen LogP contribution is 2.32. The Kier molecular flexibility index (Phi) is 6.76. The van der Waals surface area contributed by atoms with E-state index in [0.29, 0.717) is 32.2 Å². The number of carbonyl (C=O) groups excluding carboxylic acids is 1. The number of amides is 1. The van der Waals surface area contributed by atoms with Crippen LogP contribution in [-0.2, 0) is 19.6 Å². The van der Waals surface area contributed by atoms with Crippen LogP contribution in [0.4, 0.5) is 4.39 Å². The second kappa shape index (κ2) is 9.36. The molecule has 0 spiro atoms. The van der Waals surface area contributed by atoms with E-state index >= 15 is 0 Å². The van der Waals surface area contributed by atoms with Crippen LogP contribution in [0.1, 0.15) is 43.4 Å². The number of hydrogen-bond acceptors (Lipinski definition) is 5. The minimum atomic E-state index is -3.61. The summed E-state index contributed by atoms with van der Waals surface area (Å²) in [7, 11) is -3.61. The van der Waals surface area contributed by atoms with E-state index in [1.807, 2.05) is 13.0 Å². The molecule has 1 amide bonds. The lowest BCUT2D eigenvalue weighted by Gasteiger charge is -2.26. The van der Waals surface area contributed by atoms with Gasteiger partial charge in [-0.3, -0.25) is 4.79 Å². The molecule has 1 aromatic rings. The molecule has 170 valence electrons. The van der Waals surface area contributed by atoms with Crippen LogP contribution < -0.4 is 10.6 Å². The first-order valence-corrected chi connectivity index (χ1v) is 12.4. The molecule has 2 N–H and O–H groups in total. The number of ether oxygens (including phenoxy) is 1. The number of nitrogens with zero attached hydrogens (tertiary/aromatic N) is 1. The van der Waals surface area contributed by atoms with Crippen molar-refractivity contribution in [3.63, 3.8) is 0 Å². The third kappa shape index (κ3) is 5.34. The van der Waals surface area contributed by atoms with Crippen molar-refractivity contribution in [3.8, 4) is 0 Å². The zero-order valence-electron chi connectivity index (χ0n) is 17.7. The predicted molar refractivity (Wildman–Crippen MR) is 116 cm³/mol. The molecule has 1 aromatic carbocycles. The zero-order chi connectivity index (χ0) is 22.0. The van der Waals surface area contributed by atoms with Gasteiger partial charge in [-0.2, -0.15) is 4.31 Å². The maximum absolute atomic E-state index is 13.4. The lowest BCUT2D eigenvalue weighted by molar-refractivity contribution is -0.123. The molecule has 0 radical (unpaired) electrons.